The zero-order valence-corrected chi connectivity index (χ0v) is 14.5. The van der Waals surface area contributed by atoms with E-state index in [4.69, 9.17) is 4.52 Å². The fourth-order valence-electron chi connectivity index (χ4n) is 2.94. The molecule has 128 valence electrons. The molecule has 1 aromatic heterocycles. The van der Waals surface area contributed by atoms with E-state index in [2.05, 4.69) is 15.0 Å². The highest BCUT2D eigenvalue weighted by Gasteiger charge is 2.24. The number of benzene rings is 1. The van der Waals surface area contributed by atoms with Crippen LogP contribution in [-0.2, 0) is 11.3 Å². The third kappa shape index (κ3) is 3.64. The lowest BCUT2D eigenvalue weighted by Crippen LogP contribution is -2.49. The van der Waals surface area contributed by atoms with E-state index in [0.29, 0.717) is 18.3 Å². The minimum absolute atomic E-state index is 0.0594. The van der Waals surface area contributed by atoms with E-state index in [0.717, 1.165) is 37.3 Å². The number of amides is 1. The Morgan fingerprint density at radius 3 is 2.58 bits per heavy atom. The van der Waals surface area contributed by atoms with Gasteiger partial charge in [-0.2, -0.15) is 4.98 Å². The lowest BCUT2D eigenvalue weighted by Gasteiger charge is -2.34. The van der Waals surface area contributed by atoms with Gasteiger partial charge in [-0.15, -0.1) is 0 Å². The first kappa shape index (κ1) is 16.6. The Morgan fingerprint density at radius 1 is 1.21 bits per heavy atom. The maximum absolute atomic E-state index is 12.0. The zero-order valence-electron chi connectivity index (χ0n) is 14.5. The molecule has 3 rings (SSSR count). The van der Waals surface area contributed by atoms with Crippen LogP contribution in [-0.4, -0.2) is 52.0 Å². The normalized spacial score (nSPS) is 15.9. The van der Waals surface area contributed by atoms with Crippen molar-refractivity contribution >= 4 is 5.91 Å². The fraction of sp³-hybridized carbons (Fsp3) is 0.500. The molecule has 0 saturated carbocycles. The molecule has 0 aliphatic carbocycles. The molecule has 24 heavy (non-hydrogen) atoms. The van der Waals surface area contributed by atoms with Crippen molar-refractivity contribution < 1.29 is 9.32 Å². The van der Waals surface area contributed by atoms with Crippen molar-refractivity contribution in [3.8, 4) is 11.4 Å². The second kappa shape index (κ2) is 7.13. The van der Waals surface area contributed by atoms with Crippen LogP contribution >= 0.6 is 0 Å². The van der Waals surface area contributed by atoms with Crippen LogP contribution in [0.4, 0.5) is 0 Å². The molecule has 1 aromatic carbocycles. The minimum Gasteiger partial charge on any atom is -0.340 e. The molecule has 0 atom stereocenters. The number of piperazine rings is 1. The molecule has 0 unspecified atom stereocenters. The maximum Gasteiger partial charge on any atom is 0.241 e. The summed E-state index contributed by atoms with van der Waals surface area (Å²) in [7, 11) is 0. The quantitative estimate of drug-likeness (QED) is 0.862. The average Bonchev–Trinajstić information content (AvgIpc) is 3.03. The number of hydrogen-bond donors (Lipinski definition) is 0. The molecule has 6 heteroatoms. The van der Waals surface area contributed by atoms with Gasteiger partial charge in [0.15, 0.2) is 0 Å². The van der Waals surface area contributed by atoms with E-state index < -0.39 is 0 Å². The van der Waals surface area contributed by atoms with Gasteiger partial charge >= 0.3 is 0 Å². The van der Waals surface area contributed by atoms with Crippen molar-refractivity contribution in [2.75, 3.05) is 26.2 Å². The van der Waals surface area contributed by atoms with Crippen LogP contribution in [0.1, 0.15) is 25.3 Å². The van der Waals surface area contributed by atoms with Crippen LogP contribution in [0, 0.1) is 12.8 Å². The van der Waals surface area contributed by atoms with Crippen molar-refractivity contribution in [3.05, 3.63) is 35.7 Å². The highest BCUT2D eigenvalue weighted by Crippen LogP contribution is 2.20. The summed E-state index contributed by atoms with van der Waals surface area (Å²) in [5, 5.41) is 4.10. The van der Waals surface area contributed by atoms with Crippen molar-refractivity contribution in [3.63, 3.8) is 0 Å². The summed E-state index contributed by atoms with van der Waals surface area (Å²) in [6, 6.07) is 8.01. The van der Waals surface area contributed by atoms with Gasteiger partial charge < -0.3 is 9.42 Å². The van der Waals surface area contributed by atoms with Crippen molar-refractivity contribution in [2.24, 2.45) is 5.92 Å². The molecule has 0 bridgehead atoms. The van der Waals surface area contributed by atoms with E-state index in [9.17, 15) is 4.79 Å². The van der Waals surface area contributed by atoms with Crippen LogP contribution in [0.3, 0.4) is 0 Å². The van der Waals surface area contributed by atoms with E-state index in [-0.39, 0.29) is 11.8 Å². The summed E-state index contributed by atoms with van der Waals surface area (Å²) >= 11 is 0. The predicted molar refractivity (Wildman–Crippen MR) is 91.2 cm³/mol. The van der Waals surface area contributed by atoms with E-state index in [1.165, 1.54) is 0 Å². The largest absolute Gasteiger partial charge is 0.340 e. The number of carbonyl (C=O) groups is 1. The van der Waals surface area contributed by atoms with E-state index >= 15 is 0 Å². The first-order chi connectivity index (χ1) is 11.5. The van der Waals surface area contributed by atoms with Crippen LogP contribution in [0.5, 0.6) is 0 Å². The van der Waals surface area contributed by atoms with Gasteiger partial charge in [-0.3, -0.25) is 9.69 Å². The number of aryl methyl sites for hydroxylation is 1. The summed E-state index contributed by atoms with van der Waals surface area (Å²) in [4.78, 5) is 20.7. The summed E-state index contributed by atoms with van der Waals surface area (Å²) in [6.07, 6.45) is 0. The van der Waals surface area contributed by atoms with E-state index in [1.54, 1.807) is 0 Å². The Balaban J connectivity index is 1.59. The number of hydrogen-bond acceptors (Lipinski definition) is 5. The lowest BCUT2D eigenvalue weighted by atomic mass is 10.1. The average molecular weight is 328 g/mol. The van der Waals surface area contributed by atoms with Crippen LogP contribution in [0.2, 0.25) is 0 Å². The molecule has 1 aliphatic heterocycles. The number of nitrogens with zero attached hydrogens (tertiary/aromatic N) is 4. The number of aromatic nitrogens is 2. The molecule has 0 radical (unpaired) electrons. The van der Waals surface area contributed by atoms with Gasteiger partial charge in [-0.05, 0) is 12.5 Å². The third-order valence-corrected chi connectivity index (χ3v) is 4.39. The Labute approximate surface area is 142 Å². The molecule has 2 aromatic rings. The Kier molecular flexibility index (Phi) is 4.94. The van der Waals surface area contributed by atoms with Gasteiger partial charge in [-0.1, -0.05) is 43.3 Å². The molecule has 1 amide bonds. The highest BCUT2D eigenvalue weighted by molar-refractivity contribution is 5.78. The number of carbonyl (C=O) groups excluding carboxylic acids is 1. The summed E-state index contributed by atoms with van der Waals surface area (Å²) in [5.41, 5.74) is 2.13. The van der Waals surface area contributed by atoms with Crippen LogP contribution < -0.4 is 0 Å². The van der Waals surface area contributed by atoms with Crippen molar-refractivity contribution in [1.82, 2.24) is 19.9 Å². The topological polar surface area (TPSA) is 62.5 Å². The Bertz CT molecular complexity index is 703. The van der Waals surface area contributed by atoms with Gasteiger partial charge in [0, 0.05) is 37.7 Å². The van der Waals surface area contributed by atoms with E-state index in [1.807, 2.05) is 49.9 Å². The second-order valence-corrected chi connectivity index (χ2v) is 6.58. The molecule has 1 aliphatic rings. The van der Waals surface area contributed by atoms with Crippen LogP contribution in [0.25, 0.3) is 11.4 Å². The zero-order chi connectivity index (χ0) is 17.1. The molecule has 6 nitrogen and oxygen atoms in total. The van der Waals surface area contributed by atoms with Gasteiger partial charge in [0.25, 0.3) is 0 Å². The number of rotatable bonds is 4. The molecule has 0 spiro atoms. The van der Waals surface area contributed by atoms with Crippen molar-refractivity contribution in [1.29, 1.82) is 0 Å². The predicted octanol–water partition coefficient (Wildman–Crippen LogP) is 2.35. The SMILES string of the molecule is Cc1ccccc1-c1noc(CN2CCN(C(=O)C(C)C)CC2)n1. The summed E-state index contributed by atoms with van der Waals surface area (Å²) in [5.74, 6) is 1.55. The van der Waals surface area contributed by atoms with Gasteiger partial charge in [-0.25, -0.2) is 0 Å². The lowest BCUT2D eigenvalue weighted by molar-refractivity contribution is -0.136. The van der Waals surface area contributed by atoms with Gasteiger partial charge in [0.2, 0.25) is 17.6 Å². The molecule has 1 fully saturated rings. The summed E-state index contributed by atoms with van der Waals surface area (Å²) < 4.78 is 5.41. The molecular weight excluding hydrogens is 304 g/mol. The molecule has 2 heterocycles. The van der Waals surface area contributed by atoms with Gasteiger partial charge in [0.1, 0.15) is 0 Å². The monoisotopic (exact) mass is 328 g/mol. The second-order valence-electron chi connectivity index (χ2n) is 6.58. The summed E-state index contributed by atoms with van der Waals surface area (Å²) in [6.45, 7) is 9.74. The maximum atomic E-state index is 12.0. The molecule has 1 saturated heterocycles. The minimum atomic E-state index is 0.0594. The van der Waals surface area contributed by atoms with Gasteiger partial charge in [0.05, 0.1) is 6.54 Å². The first-order valence-corrected chi connectivity index (χ1v) is 8.44. The smallest absolute Gasteiger partial charge is 0.241 e. The molecular formula is C18H24N4O2. The fourth-order valence-corrected chi connectivity index (χ4v) is 2.94. The molecule has 0 N–H and O–H groups in total. The Hall–Kier alpha value is -2.21. The Morgan fingerprint density at radius 2 is 1.92 bits per heavy atom. The van der Waals surface area contributed by atoms with Crippen LogP contribution in [0.15, 0.2) is 28.8 Å². The highest BCUT2D eigenvalue weighted by atomic mass is 16.5. The first-order valence-electron chi connectivity index (χ1n) is 8.44. The standard InChI is InChI=1S/C18H24N4O2/c1-13(2)18(23)22-10-8-21(9-11-22)12-16-19-17(20-24-16)15-7-5-4-6-14(15)3/h4-7,13H,8-12H2,1-3H3. The van der Waals surface area contributed by atoms with Crippen molar-refractivity contribution in [2.45, 2.75) is 27.3 Å². The third-order valence-electron chi connectivity index (χ3n) is 4.39.